The molecule has 0 unspecified atom stereocenters. The zero-order valence-electron chi connectivity index (χ0n) is 15.4. The summed E-state index contributed by atoms with van der Waals surface area (Å²) < 4.78 is 5.88. The molecule has 0 amide bonds. The predicted molar refractivity (Wildman–Crippen MR) is 110 cm³/mol. The predicted octanol–water partition coefficient (Wildman–Crippen LogP) is 5.62. The molecule has 134 valence electrons. The van der Waals surface area contributed by atoms with Gasteiger partial charge in [0.15, 0.2) is 0 Å². The number of rotatable bonds is 6. The number of hydrogen-bond acceptors (Lipinski definition) is 3. The van der Waals surface area contributed by atoms with E-state index in [4.69, 9.17) is 9.72 Å². The molecule has 0 aliphatic rings. The second kappa shape index (κ2) is 8.00. The van der Waals surface area contributed by atoms with Crippen molar-refractivity contribution in [1.29, 1.82) is 0 Å². The van der Waals surface area contributed by atoms with Gasteiger partial charge in [0.1, 0.15) is 5.75 Å². The normalized spacial score (nSPS) is 10.9. The number of aryl methyl sites for hydroxylation is 2. The van der Waals surface area contributed by atoms with Crippen LogP contribution in [0, 0.1) is 6.92 Å². The summed E-state index contributed by atoms with van der Waals surface area (Å²) in [5.41, 5.74) is 5.61. The summed E-state index contributed by atoms with van der Waals surface area (Å²) in [6, 6.07) is 22.7. The van der Waals surface area contributed by atoms with Gasteiger partial charge in [-0.15, -0.1) is 0 Å². The molecule has 2 heterocycles. The molecule has 4 aromatic rings. The third-order valence-electron chi connectivity index (χ3n) is 4.62. The number of benzene rings is 2. The minimum Gasteiger partial charge on any atom is -0.494 e. The molecule has 0 aliphatic heterocycles. The lowest BCUT2D eigenvalue weighted by molar-refractivity contribution is 0.310. The van der Waals surface area contributed by atoms with Crippen LogP contribution >= 0.6 is 0 Å². The van der Waals surface area contributed by atoms with Crippen LogP contribution in [0.1, 0.15) is 17.7 Å². The van der Waals surface area contributed by atoms with Crippen molar-refractivity contribution in [2.75, 3.05) is 6.61 Å². The number of para-hydroxylation sites is 1. The van der Waals surface area contributed by atoms with Gasteiger partial charge >= 0.3 is 0 Å². The minimum atomic E-state index is 0.671. The average molecular weight is 354 g/mol. The summed E-state index contributed by atoms with van der Waals surface area (Å²) >= 11 is 0. The van der Waals surface area contributed by atoms with Crippen LogP contribution in [0.5, 0.6) is 5.75 Å². The Morgan fingerprint density at radius 2 is 1.78 bits per heavy atom. The van der Waals surface area contributed by atoms with E-state index in [-0.39, 0.29) is 0 Å². The molecule has 0 bridgehead atoms. The Balaban J connectivity index is 1.53. The molecule has 4 rings (SSSR count). The van der Waals surface area contributed by atoms with Crippen LogP contribution in [0.15, 0.2) is 79.1 Å². The van der Waals surface area contributed by atoms with E-state index in [1.54, 1.807) is 6.20 Å². The highest BCUT2D eigenvalue weighted by molar-refractivity contribution is 5.84. The van der Waals surface area contributed by atoms with Gasteiger partial charge in [-0.1, -0.05) is 42.0 Å². The molecule has 0 aliphatic carbocycles. The first-order chi connectivity index (χ1) is 13.3. The smallest absolute Gasteiger partial charge is 0.119 e. The zero-order chi connectivity index (χ0) is 18.5. The second-order valence-corrected chi connectivity index (χ2v) is 6.68. The van der Waals surface area contributed by atoms with Gasteiger partial charge < -0.3 is 4.74 Å². The van der Waals surface area contributed by atoms with E-state index in [9.17, 15) is 0 Å². The van der Waals surface area contributed by atoms with E-state index in [1.165, 1.54) is 5.56 Å². The van der Waals surface area contributed by atoms with E-state index in [0.717, 1.165) is 46.3 Å². The SMILES string of the molecule is Cc1ccc(OCCCc2nc3ccccc3cc2-c2cccnc2)cc1. The standard InChI is InChI=1S/C24H22N2O/c1-18-10-12-21(13-11-18)27-15-5-9-24-22(20-7-4-14-25-17-20)16-19-6-2-3-8-23(19)26-24/h2-4,6-8,10-14,16-17H,5,9,15H2,1H3. The average Bonchev–Trinajstić information content (AvgIpc) is 2.72. The number of ether oxygens (including phenoxy) is 1. The zero-order valence-corrected chi connectivity index (χ0v) is 15.4. The number of aromatic nitrogens is 2. The fraction of sp³-hybridized carbons (Fsp3) is 0.167. The summed E-state index contributed by atoms with van der Waals surface area (Å²) in [6.07, 6.45) is 5.47. The third-order valence-corrected chi connectivity index (χ3v) is 4.62. The Bertz CT molecular complexity index is 1030. The lowest BCUT2D eigenvalue weighted by Crippen LogP contribution is -2.02. The molecule has 0 saturated heterocycles. The maximum atomic E-state index is 5.88. The van der Waals surface area contributed by atoms with Crippen LogP contribution < -0.4 is 4.74 Å². The molecule has 2 aromatic heterocycles. The molecular weight excluding hydrogens is 332 g/mol. The van der Waals surface area contributed by atoms with Crippen molar-refractivity contribution < 1.29 is 4.74 Å². The largest absolute Gasteiger partial charge is 0.494 e. The summed E-state index contributed by atoms with van der Waals surface area (Å²) in [6.45, 7) is 2.75. The van der Waals surface area contributed by atoms with Gasteiger partial charge in [-0.2, -0.15) is 0 Å². The molecule has 0 N–H and O–H groups in total. The lowest BCUT2D eigenvalue weighted by atomic mass is 10.0. The first kappa shape index (κ1) is 17.2. The Morgan fingerprint density at radius 3 is 2.59 bits per heavy atom. The Morgan fingerprint density at radius 1 is 0.926 bits per heavy atom. The van der Waals surface area contributed by atoms with E-state index in [2.05, 4.69) is 48.3 Å². The van der Waals surface area contributed by atoms with Crippen molar-refractivity contribution in [2.45, 2.75) is 19.8 Å². The van der Waals surface area contributed by atoms with Gasteiger partial charge in [0, 0.05) is 34.6 Å². The summed E-state index contributed by atoms with van der Waals surface area (Å²) in [5, 5.41) is 1.15. The van der Waals surface area contributed by atoms with E-state index >= 15 is 0 Å². The maximum Gasteiger partial charge on any atom is 0.119 e. The molecule has 0 fully saturated rings. The van der Waals surface area contributed by atoms with Crippen molar-refractivity contribution in [3.63, 3.8) is 0 Å². The lowest BCUT2D eigenvalue weighted by Gasteiger charge is -2.12. The number of fused-ring (bicyclic) bond motifs is 1. The van der Waals surface area contributed by atoms with Crippen LogP contribution in [0.4, 0.5) is 0 Å². The van der Waals surface area contributed by atoms with E-state index in [0.29, 0.717) is 6.61 Å². The maximum absolute atomic E-state index is 5.88. The van der Waals surface area contributed by atoms with E-state index in [1.807, 2.05) is 36.5 Å². The summed E-state index contributed by atoms with van der Waals surface area (Å²) in [4.78, 5) is 9.20. The summed E-state index contributed by atoms with van der Waals surface area (Å²) in [5.74, 6) is 0.916. The quantitative estimate of drug-likeness (QED) is 0.422. The molecule has 0 saturated carbocycles. The molecule has 3 heteroatoms. The first-order valence-corrected chi connectivity index (χ1v) is 9.28. The van der Waals surface area contributed by atoms with Crippen molar-refractivity contribution in [3.8, 4) is 16.9 Å². The molecule has 3 nitrogen and oxygen atoms in total. The topological polar surface area (TPSA) is 35.0 Å². The monoisotopic (exact) mass is 354 g/mol. The first-order valence-electron chi connectivity index (χ1n) is 9.28. The van der Waals surface area contributed by atoms with Crippen molar-refractivity contribution >= 4 is 10.9 Å². The number of pyridine rings is 2. The fourth-order valence-electron chi connectivity index (χ4n) is 3.18. The molecule has 0 atom stereocenters. The number of nitrogens with zero attached hydrogens (tertiary/aromatic N) is 2. The highest BCUT2D eigenvalue weighted by atomic mass is 16.5. The van der Waals surface area contributed by atoms with Gasteiger partial charge in [0.25, 0.3) is 0 Å². The van der Waals surface area contributed by atoms with Crippen molar-refractivity contribution in [3.05, 3.63) is 90.4 Å². The van der Waals surface area contributed by atoms with Crippen molar-refractivity contribution in [1.82, 2.24) is 9.97 Å². The van der Waals surface area contributed by atoms with Gasteiger partial charge in [-0.25, -0.2) is 0 Å². The van der Waals surface area contributed by atoms with Crippen LogP contribution in [0.25, 0.3) is 22.0 Å². The van der Waals surface area contributed by atoms with Gasteiger partial charge in [0.05, 0.1) is 12.1 Å². The highest BCUT2D eigenvalue weighted by Crippen LogP contribution is 2.27. The molecule has 2 aromatic carbocycles. The Kier molecular flexibility index (Phi) is 5.10. The van der Waals surface area contributed by atoms with Crippen LogP contribution in [-0.4, -0.2) is 16.6 Å². The van der Waals surface area contributed by atoms with Gasteiger partial charge in [-0.3, -0.25) is 9.97 Å². The van der Waals surface area contributed by atoms with E-state index < -0.39 is 0 Å². The Labute approximate surface area is 159 Å². The molecule has 0 radical (unpaired) electrons. The second-order valence-electron chi connectivity index (χ2n) is 6.68. The van der Waals surface area contributed by atoms with Gasteiger partial charge in [-0.05, 0) is 50.1 Å². The van der Waals surface area contributed by atoms with Crippen molar-refractivity contribution in [2.24, 2.45) is 0 Å². The molecule has 27 heavy (non-hydrogen) atoms. The third kappa shape index (κ3) is 4.14. The minimum absolute atomic E-state index is 0.671. The Hall–Kier alpha value is -3.20. The van der Waals surface area contributed by atoms with Crippen LogP contribution in [-0.2, 0) is 6.42 Å². The summed E-state index contributed by atoms with van der Waals surface area (Å²) in [7, 11) is 0. The number of hydrogen-bond donors (Lipinski definition) is 0. The molecule has 0 spiro atoms. The fourth-order valence-corrected chi connectivity index (χ4v) is 3.18. The highest BCUT2D eigenvalue weighted by Gasteiger charge is 2.09. The van der Waals surface area contributed by atoms with Crippen LogP contribution in [0.3, 0.4) is 0 Å². The van der Waals surface area contributed by atoms with Gasteiger partial charge in [0.2, 0.25) is 0 Å². The molecular formula is C24H22N2O. The van der Waals surface area contributed by atoms with Crippen LogP contribution in [0.2, 0.25) is 0 Å².